The van der Waals surface area contributed by atoms with Gasteiger partial charge in [-0.1, -0.05) is 15.9 Å². The van der Waals surface area contributed by atoms with E-state index in [9.17, 15) is 10.2 Å². The molecule has 0 radical (unpaired) electrons. The summed E-state index contributed by atoms with van der Waals surface area (Å²) >= 11 is 3.45. The van der Waals surface area contributed by atoms with Crippen LogP contribution in [0.2, 0.25) is 0 Å². The zero-order chi connectivity index (χ0) is 13.6. The van der Waals surface area contributed by atoms with E-state index in [0.717, 1.165) is 26.6 Å². The van der Waals surface area contributed by atoms with Crippen molar-refractivity contribution in [1.82, 2.24) is 9.97 Å². The number of halogens is 1. The highest BCUT2D eigenvalue weighted by Crippen LogP contribution is 2.31. The second kappa shape index (κ2) is 4.28. The van der Waals surface area contributed by atoms with Gasteiger partial charge in [-0.3, -0.25) is 0 Å². The van der Waals surface area contributed by atoms with Crippen LogP contribution in [-0.2, 0) is 0 Å². The molecule has 4 nitrogen and oxygen atoms in total. The van der Waals surface area contributed by atoms with E-state index in [1.54, 1.807) is 6.07 Å². The lowest BCUT2D eigenvalue weighted by Crippen LogP contribution is -1.80. The number of aryl methyl sites for hydroxylation is 1. The van der Waals surface area contributed by atoms with Crippen LogP contribution in [0.1, 0.15) is 5.56 Å². The Hall–Kier alpha value is -2.01. The number of fused-ring (bicyclic) bond motifs is 1. The first-order valence-electron chi connectivity index (χ1n) is 5.73. The van der Waals surface area contributed by atoms with E-state index in [1.807, 2.05) is 19.1 Å². The minimum absolute atomic E-state index is 0.140. The predicted octanol–water partition coefficient (Wildman–Crippen LogP) is 3.71. The van der Waals surface area contributed by atoms with E-state index in [0.29, 0.717) is 5.82 Å². The van der Waals surface area contributed by atoms with Gasteiger partial charge in [-0.15, -0.1) is 0 Å². The molecule has 3 N–H and O–H groups in total. The molecule has 0 saturated carbocycles. The number of nitrogens with zero attached hydrogens (tertiary/aromatic N) is 1. The minimum atomic E-state index is -0.157. The summed E-state index contributed by atoms with van der Waals surface area (Å²) < 4.78 is 0.987. The summed E-state index contributed by atoms with van der Waals surface area (Å²) in [4.78, 5) is 7.73. The average Bonchev–Trinajstić information content (AvgIpc) is 2.76. The van der Waals surface area contributed by atoms with Gasteiger partial charge in [0.15, 0.2) is 11.5 Å². The lowest BCUT2D eigenvalue weighted by atomic mass is 10.2. The normalized spacial score (nSPS) is 11.1. The molecule has 2 aromatic carbocycles. The molecule has 1 aromatic heterocycles. The van der Waals surface area contributed by atoms with E-state index in [4.69, 9.17) is 0 Å². The Bertz CT molecular complexity index is 780. The lowest BCUT2D eigenvalue weighted by molar-refractivity contribution is 0.404. The Morgan fingerprint density at radius 2 is 1.89 bits per heavy atom. The van der Waals surface area contributed by atoms with Crippen LogP contribution in [0, 0.1) is 6.92 Å². The molecule has 96 valence electrons. The number of H-pyrrole nitrogens is 1. The van der Waals surface area contributed by atoms with Crippen LogP contribution in [0.3, 0.4) is 0 Å². The number of hydrogen-bond donors (Lipinski definition) is 3. The molecule has 0 atom stereocenters. The van der Waals surface area contributed by atoms with Crippen molar-refractivity contribution < 1.29 is 10.2 Å². The van der Waals surface area contributed by atoms with E-state index in [1.165, 1.54) is 12.1 Å². The van der Waals surface area contributed by atoms with Gasteiger partial charge in [0, 0.05) is 10.0 Å². The van der Waals surface area contributed by atoms with Gasteiger partial charge in [-0.05, 0) is 42.8 Å². The van der Waals surface area contributed by atoms with Crippen molar-refractivity contribution in [3.63, 3.8) is 0 Å². The summed E-state index contributed by atoms with van der Waals surface area (Å²) in [5.41, 5.74) is 3.61. The molecule has 0 aliphatic heterocycles. The second-order valence-electron chi connectivity index (χ2n) is 4.41. The SMILES string of the molecule is Cc1cc(Br)cc2[nH]c(-c3ccc(O)c(O)c3)nc12. The largest absolute Gasteiger partial charge is 0.504 e. The van der Waals surface area contributed by atoms with Gasteiger partial charge >= 0.3 is 0 Å². The summed E-state index contributed by atoms with van der Waals surface area (Å²) in [6, 6.07) is 8.59. The first kappa shape index (κ1) is 12.0. The Kier molecular flexibility index (Phi) is 2.71. The summed E-state index contributed by atoms with van der Waals surface area (Å²) in [7, 11) is 0. The second-order valence-corrected chi connectivity index (χ2v) is 5.32. The minimum Gasteiger partial charge on any atom is -0.504 e. The maximum absolute atomic E-state index is 9.54. The van der Waals surface area contributed by atoms with Crippen molar-refractivity contribution in [1.29, 1.82) is 0 Å². The van der Waals surface area contributed by atoms with Gasteiger partial charge in [0.2, 0.25) is 0 Å². The molecule has 19 heavy (non-hydrogen) atoms. The van der Waals surface area contributed by atoms with Gasteiger partial charge < -0.3 is 15.2 Å². The van der Waals surface area contributed by atoms with Crippen molar-refractivity contribution >= 4 is 27.0 Å². The van der Waals surface area contributed by atoms with Crippen LogP contribution in [0.25, 0.3) is 22.4 Å². The van der Waals surface area contributed by atoms with Gasteiger partial charge in [0.25, 0.3) is 0 Å². The molecule has 0 aliphatic rings. The zero-order valence-electron chi connectivity index (χ0n) is 10.1. The van der Waals surface area contributed by atoms with Crippen molar-refractivity contribution in [2.45, 2.75) is 6.92 Å². The molecular formula is C14H11BrN2O2. The highest BCUT2D eigenvalue weighted by Gasteiger charge is 2.10. The third kappa shape index (κ3) is 2.06. The molecule has 3 aromatic rings. The van der Waals surface area contributed by atoms with E-state index in [2.05, 4.69) is 25.9 Å². The fraction of sp³-hybridized carbons (Fsp3) is 0.0714. The molecule has 0 aliphatic carbocycles. The number of hydrogen-bond acceptors (Lipinski definition) is 3. The van der Waals surface area contributed by atoms with Crippen LogP contribution in [0.4, 0.5) is 0 Å². The number of aromatic hydroxyl groups is 2. The molecule has 3 rings (SSSR count). The first-order valence-corrected chi connectivity index (χ1v) is 6.52. The topological polar surface area (TPSA) is 69.1 Å². The van der Waals surface area contributed by atoms with Crippen molar-refractivity contribution in [3.05, 3.63) is 40.4 Å². The fourth-order valence-corrected chi connectivity index (χ4v) is 2.63. The Balaban J connectivity index is 2.20. The number of imidazole rings is 1. The first-order chi connectivity index (χ1) is 9.04. The van der Waals surface area contributed by atoms with E-state index < -0.39 is 0 Å². The van der Waals surface area contributed by atoms with E-state index in [-0.39, 0.29) is 11.5 Å². The zero-order valence-corrected chi connectivity index (χ0v) is 11.7. The standard InChI is InChI=1S/C14H11BrN2O2/c1-7-4-9(15)6-10-13(7)17-14(16-10)8-2-3-11(18)12(19)5-8/h2-6,18-19H,1H3,(H,16,17). The highest BCUT2D eigenvalue weighted by atomic mass is 79.9. The molecule has 1 heterocycles. The Labute approximate surface area is 117 Å². The Morgan fingerprint density at radius 3 is 2.63 bits per heavy atom. The lowest BCUT2D eigenvalue weighted by Gasteiger charge is -1.99. The van der Waals surface area contributed by atoms with Gasteiger partial charge in [-0.25, -0.2) is 4.98 Å². The third-order valence-electron chi connectivity index (χ3n) is 2.99. The van der Waals surface area contributed by atoms with Crippen LogP contribution in [0.5, 0.6) is 11.5 Å². The summed E-state index contributed by atoms with van der Waals surface area (Å²) in [5, 5.41) is 18.9. The fourth-order valence-electron chi connectivity index (χ4n) is 2.05. The van der Waals surface area contributed by atoms with Crippen molar-refractivity contribution in [2.24, 2.45) is 0 Å². The molecule has 0 amide bonds. The quantitative estimate of drug-likeness (QED) is 0.599. The molecule has 0 bridgehead atoms. The average molecular weight is 319 g/mol. The predicted molar refractivity (Wildman–Crippen MR) is 77.3 cm³/mol. The molecule has 5 heteroatoms. The van der Waals surface area contributed by atoms with Gasteiger partial charge in [0.05, 0.1) is 11.0 Å². The Morgan fingerprint density at radius 1 is 1.11 bits per heavy atom. The molecule has 0 unspecified atom stereocenters. The monoisotopic (exact) mass is 318 g/mol. The number of aromatic amines is 1. The maximum atomic E-state index is 9.54. The summed E-state index contributed by atoms with van der Waals surface area (Å²) in [6.45, 7) is 1.99. The molecule has 0 fully saturated rings. The van der Waals surface area contributed by atoms with Crippen LogP contribution in [0.15, 0.2) is 34.8 Å². The number of rotatable bonds is 1. The summed E-state index contributed by atoms with van der Waals surface area (Å²) in [5.74, 6) is 0.362. The molecule has 0 spiro atoms. The van der Waals surface area contributed by atoms with Crippen LogP contribution >= 0.6 is 15.9 Å². The number of phenolic OH excluding ortho intramolecular Hbond substituents is 2. The van der Waals surface area contributed by atoms with Crippen LogP contribution in [-0.4, -0.2) is 20.2 Å². The highest BCUT2D eigenvalue weighted by molar-refractivity contribution is 9.10. The number of aromatic nitrogens is 2. The smallest absolute Gasteiger partial charge is 0.158 e. The van der Waals surface area contributed by atoms with Crippen LogP contribution < -0.4 is 0 Å². The molecule has 0 saturated heterocycles. The number of phenols is 2. The number of benzene rings is 2. The maximum Gasteiger partial charge on any atom is 0.158 e. The van der Waals surface area contributed by atoms with E-state index >= 15 is 0 Å². The molecular weight excluding hydrogens is 308 g/mol. The van der Waals surface area contributed by atoms with Crippen molar-refractivity contribution in [2.75, 3.05) is 0 Å². The summed E-state index contributed by atoms with van der Waals surface area (Å²) in [6.07, 6.45) is 0. The van der Waals surface area contributed by atoms with Crippen molar-refractivity contribution in [3.8, 4) is 22.9 Å². The van der Waals surface area contributed by atoms with Gasteiger partial charge in [-0.2, -0.15) is 0 Å². The number of nitrogens with one attached hydrogen (secondary N) is 1. The van der Waals surface area contributed by atoms with Gasteiger partial charge in [0.1, 0.15) is 5.82 Å². The third-order valence-corrected chi connectivity index (χ3v) is 3.45.